The lowest BCUT2D eigenvalue weighted by molar-refractivity contribution is -0.122. The third kappa shape index (κ3) is 4.64. The quantitative estimate of drug-likeness (QED) is 0.399. The Labute approximate surface area is 203 Å². The molecule has 0 atom stereocenters. The lowest BCUT2D eigenvalue weighted by atomic mass is 9.64. The highest BCUT2D eigenvalue weighted by atomic mass is 16.5. The molecule has 1 amide bonds. The zero-order valence-corrected chi connectivity index (χ0v) is 19.8. The van der Waals surface area contributed by atoms with E-state index in [0.717, 1.165) is 36.0 Å². The molecule has 1 saturated carbocycles. The number of rotatable bonds is 8. The van der Waals surface area contributed by atoms with E-state index < -0.39 is 0 Å². The van der Waals surface area contributed by atoms with Crippen molar-refractivity contribution in [2.45, 2.75) is 45.1 Å². The fourth-order valence-corrected chi connectivity index (χ4v) is 4.26. The van der Waals surface area contributed by atoms with Crippen LogP contribution in [-0.2, 0) is 16.8 Å². The summed E-state index contributed by atoms with van der Waals surface area (Å²) in [7, 11) is 0. The summed E-state index contributed by atoms with van der Waals surface area (Å²) < 4.78 is 7.19. The van der Waals surface area contributed by atoms with Crippen LogP contribution in [0.25, 0.3) is 22.6 Å². The molecule has 10 nitrogen and oxygen atoms in total. The molecule has 0 spiro atoms. The van der Waals surface area contributed by atoms with Gasteiger partial charge in [-0.25, -0.2) is 9.97 Å². The molecule has 0 aliphatic heterocycles. The van der Waals surface area contributed by atoms with E-state index in [9.17, 15) is 4.79 Å². The smallest absolute Gasteiger partial charge is 0.261 e. The summed E-state index contributed by atoms with van der Waals surface area (Å²) in [6, 6.07) is 8.32. The molecule has 3 heterocycles. The maximum atomic E-state index is 12.1. The van der Waals surface area contributed by atoms with Crippen LogP contribution in [0.5, 0.6) is 0 Å². The van der Waals surface area contributed by atoms with Crippen molar-refractivity contribution in [3.8, 4) is 22.6 Å². The van der Waals surface area contributed by atoms with E-state index in [-0.39, 0.29) is 23.8 Å². The third-order valence-electron chi connectivity index (χ3n) is 6.40. The van der Waals surface area contributed by atoms with Gasteiger partial charge in [0.25, 0.3) is 5.89 Å². The minimum Gasteiger partial charge on any atom is -0.368 e. The summed E-state index contributed by atoms with van der Waals surface area (Å²) in [5.74, 6) is 1.64. The SMILES string of the molecule is CC(C)CNC(=O)Cn1cc(-c2nc(C3(c4ccc(-c5cnc(N)nc5)cc4)CCC3)no2)cn1. The normalized spacial score (nSPS) is 14.6. The van der Waals surface area contributed by atoms with Crippen LogP contribution >= 0.6 is 0 Å². The second-order valence-electron chi connectivity index (χ2n) is 9.39. The van der Waals surface area contributed by atoms with Crippen LogP contribution in [0.3, 0.4) is 0 Å². The van der Waals surface area contributed by atoms with Gasteiger partial charge < -0.3 is 15.6 Å². The van der Waals surface area contributed by atoms with Gasteiger partial charge in [-0.1, -0.05) is 49.7 Å². The van der Waals surface area contributed by atoms with Gasteiger partial charge in [-0.3, -0.25) is 9.48 Å². The zero-order valence-electron chi connectivity index (χ0n) is 19.8. The number of aromatic nitrogens is 6. The van der Waals surface area contributed by atoms with E-state index in [0.29, 0.717) is 29.7 Å². The Balaban J connectivity index is 1.32. The third-order valence-corrected chi connectivity index (χ3v) is 6.40. The number of nitrogens with one attached hydrogen (secondary N) is 1. The number of amides is 1. The number of hydrogen-bond donors (Lipinski definition) is 2. The van der Waals surface area contributed by atoms with Crippen molar-refractivity contribution in [3.05, 3.63) is 60.4 Å². The van der Waals surface area contributed by atoms with Crippen LogP contribution in [0, 0.1) is 5.92 Å². The molecule has 180 valence electrons. The number of nitrogens with two attached hydrogens (primary N) is 1. The average molecular weight is 473 g/mol. The first-order valence-electron chi connectivity index (χ1n) is 11.7. The molecule has 35 heavy (non-hydrogen) atoms. The molecular weight excluding hydrogens is 444 g/mol. The number of carbonyl (C=O) groups is 1. The number of benzene rings is 1. The first-order chi connectivity index (χ1) is 16.9. The summed E-state index contributed by atoms with van der Waals surface area (Å²) in [5, 5.41) is 11.5. The Morgan fingerprint density at radius 3 is 2.51 bits per heavy atom. The van der Waals surface area contributed by atoms with Crippen molar-refractivity contribution in [1.82, 2.24) is 35.2 Å². The molecule has 1 fully saturated rings. The molecule has 4 aromatic rings. The van der Waals surface area contributed by atoms with Crippen molar-refractivity contribution >= 4 is 11.9 Å². The lowest BCUT2D eigenvalue weighted by Crippen LogP contribution is -2.36. The monoisotopic (exact) mass is 472 g/mol. The lowest BCUT2D eigenvalue weighted by Gasteiger charge is -2.39. The van der Waals surface area contributed by atoms with E-state index in [1.165, 1.54) is 0 Å². The summed E-state index contributed by atoms with van der Waals surface area (Å²) >= 11 is 0. The van der Waals surface area contributed by atoms with Crippen molar-refractivity contribution in [3.63, 3.8) is 0 Å². The molecular formula is C25H28N8O2. The predicted octanol–water partition coefficient (Wildman–Crippen LogP) is 3.21. The highest BCUT2D eigenvalue weighted by Gasteiger charge is 2.44. The van der Waals surface area contributed by atoms with Crippen LogP contribution < -0.4 is 11.1 Å². The van der Waals surface area contributed by atoms with E-state index in [2.05, 4.69) is 63.7 Å². The molecule has 1 aliphatic rings. The van der Waals surface area contributed by atoms with E-state index in [1.807, 2.05) is 0 Å². The average Bonchev–Trinajstić information content (AvgIpc) is 3.48. The zero-order chi connectivity index (χ0) is 24.4. The molecule has 5 rings (SSSR count). The largest absolute Gasteiger partial charge is 0.368 e. The molecule has 0 bridgehead atoms. The maximum absolute atomic E-state index is 12.1. The number of hydrogen-bond acceptors (Lipinski definition) is 8. The Kier molecular flexibility index (Phi) is 6.02. The van der Waals surface area contributed by atoms with Crippen LogP contribution in [-0.4, -0.2) is 42.3 Å². The highest BCUT2D eigenvalue weighted by molar-refractivity contribution is 5.75. The number of nitrogen functional groups attached to an aromatic ring is 1. The van der Waals surface area contributed by atoms with Crippen LogP contribution in [0.15, 0.2) is 53.6 Å². The molecule has 0 radical (unpaired) electrons. The molecule has 3 aromatic heterocycles. The van der Waals surface area contributed by atoms with Gasteiger partial charge >= 0.3 is 0 Å². The fraction of sp³-hybridized carbons (Fsp3) is 0.360. The van der Waals surface area contributed by atoms with Gasteiger partial charge in [0.15, 0.2) is 5.82 Å². The summed E-state index contributed by atoms with van der Waals surface area (Å²) in [6.07, 6.45) is 9.83. The van der Waals surface area contributed by atoms with Crippen LogP contribution in [0.1, 0.15) is 44.5 Å². The van der Waals surface area contributed by atoms with E-state index in [4.69, 9.17) is 15.2 Å². The Morgan fingerprint density at radius 1 is 1.11 bits per heavy atom. The summed E-state index contributed by atoms with van der Waals surface area (Å²) in [5.41, 5.74) is 9.08. The first-order valence-corrected chi connectivity index (χ1v) is 11.7. The molecule has 1 aliphatic carbocycles. The van der Waals surface area contributed by atoms with Crippen LogP contribution in [0.4, 0.5) is 5.95 Å². The Bertz CT molecular complexity index is 1300. The number of carbonyl (C=O) groups excluding carboxylic acids is 1. The Morgan fingerprint density at radius 2 is 1.86 bits per heavy atom. The van der Waals surface area contributed by atoms with Gasteiger partial charge in [0.05, 0.1) is 17.2 Å². The van der Waals surface area contributed by atoms with Crippen LogP contribution in [0.2, 0.25) is 0 Å². The topological polar surface area (TPSA) is 138 Å². The molecule has 3 N–H and O–H groups in total. The highest BCUT2D eigenvalue weighted by Crippen LogP contribution is 2.48. The molecule has 10 heteroatoms. The van der Waals surface area contributed by atoms with Crippen molar-refractivity contribution < 1.29 is 9.32 Å². The van der Waals surface area contributed by atoms with E-state index >= 15 is 0 Å². The number of nitrogens with zero attached hydrogens (tertiary/aromatic N) is 6. The maximum Gasteiger partial charge on any atom is 0.261 e. The minimum absolute atomic E-state index is 0.0815. The van der Waals surface area contributed by atoms with Crippen molar-refractivity contribution in [1.29, 1.82) is 0 Å². The second-order valence-corrected chi connectivity index (χ2v) is 9.39. The number of anilines is 1. The van der Waals surface area contributed by atoms with Gasteiger partial charge in [0, 0.05) is 30.7 Å². The van der Waals surface area contributed by atoms with Gasteiger partial charge in [-0.2, -0.15) is 10.1 Å². The predicted molar refractivity (Wildman–Crippen MR) is 130 cm³/mol. The first kappa shape index (κ1) is 22.7. The Hall–Kier alpha value is -4.08. The van der Waals surface area contributed by atoms with Crippen molar-refractivity contribution in [2.24, 2.45) is 5.92 Å². The van der Waals surface area contributed by atoms with E-state index in [1.54, 1.807) is 29.5 Å². The van der Waals surface area contributed by atoms with Gasteiger partial charge in [0.1, 0.15) is 6.54 Å². The fourth-order valence-electron chi connectivity index (χ4n) is 4.26. The summed E-state index contributed by atoms with van der Waals surface area (Å²) in [6.45, 7) is 4.88. The second kappa shape index (κ2) is 9.28. The van der Waals surface area contributed by atoms with Gasteiger partial charge in [-0.05, 0) is 29.9 Å². The molecule has 0 saturated heterocycles. The standard InChI is InChI=1S/C25H28N8O2/c1-16(2)10-27-21(34)15-33-14-19(13-30-33)22-31-23(32-35-22)25(8-3-9-25)20-6-4-17(5-7-20)18-11-28-24(26)29-12-18/h4-7,11-14,16H,3,8-10,15H2,1-2H3,(H,27,34)(H2,26,28,29). The van der Waals surface area contributed by atoms with Gasteiger partial charge in [0.2, 0.25) is 11.9 Å². The van der Waals surface area contributed by atoms with Crippen molar-refractivity contribution in [2.75, 3.05) is 12.3 Å². The van der Waals surface area contributed by atoms with Gasteiger partial charge in [-0.15, -0.1) is 0 Å². The molecule has 0 unspecified atom stereocenters. The summed E-state index contributed by atoms with van der Waals surface area (Å²) in [4.78, 5) is 25.0. The molecule has 1 aromatic carbocycles. The minimum atomic E-state index is -0.273.